The average Bonchev–Trinajstić information content (AvgIpc) is 3.48. The number of thiophene rings is 1. The molecule has 0 radical (unpaired) electrons. The van der Waals surface area contributed by atoms with Crippen molar-refractivity contribution in [3.8, 4) is 5.69 Å². The topological polar surface area (TPSA) is 47.8 Å². The van der Waals surface area contributed by atoms with Gasteiger partial charge in [-0.15, -0.1) is 21.5 Å². The summed E-state index contributed by atoms with van der Waals surface area (Å²) in [7, 11) is 0. The Bertz CT molecular complexity index is 1370. The first-order valence-electron chi connectivity index (χ1n) is 10.4. The van der Waals surface area contributed by atoms with E-state index in [2.05, 4.69) is 63.5 Å². The van der Waals surface area contributed by atoms with E-state index < -0.39 is 0 Å². The van der Waals surface area contributed by atoms with E-state index in [9.17, 15) is 4.79 Å². The number of aromatic nitrogens is 3. The van der Waals surface area contributed by atoms with Gasteiger partial charge in [-0.3, -0.25) is 9.36 Å². The number of hydrogen-bond acceptors (Lipinski definition) is 5. The van der Waals surface area contributed by atoms with E-state index in [0.717, 1.165) is 33.0 Å². The summed E-state index contributed by atoms with van der Waals surface area (Å²) in [5, 5.41) is 13.9. The predicted octanol–water partition coefficient (Wildman–Crippen LogP) is 6.36. The minimum atomic E-state index is 0.0824. The van der Waals surface area contributed by atoms with Gasteiger partial charge in [0, 0.05) is 22.5 Å². The molecule has 0 amide bonds. The summed E-state index contributed by atoms with van der Waals surface area (Å²) >= 11 is 3.14. The first-order chi connectivity index (χ1) is 15.7. The molecule has 0 atom stereocenters. The molecule has 158 valence electrons. The molecule has 0 fully saturated rings. The number of carbonyl (C=O) groups excluding carboxylic acids is 1. The number of benzene rings is 3. The molecule has 4 nitrogen and oxygen atoms in total. The van der Waals surface area contributed by atoms with Gasteiger partial charge < -0.3 is 0 Å². The van der Waals surface area contributed by atoms with Gasteiger partial charge in [0.05, 0.1) is 5.75 Å². The van der Waals surface area contributed by atoms with E-state index in [1.807, 2.05) is 42.5 Å². The number of carbonyl (C=O) groups is 1. The lowest BCUT2D eigenvalue weighted by Crippen LogP contribution is -2.06. The van der Waals surface area contributed by atoms with E-state index in [1.54, 1.807) is 11.3 Å². The Morgan fingerprint density at radius 3 is 2.53 bits per heavy atom. The lowest BCUT2D eigenvalue weighted by Gasteiger charge is -2.10. The molecule has 0 aliphatic carbocycles. The van der Waals surface area contributed by atoms with Crippen molar-refractivity contribution < 1.29 is 4.79 Å². The van der Waals surface area contributed by atoms with Crippen molar-refractivity contribution >= 4 is 39.7 Å². The Morgan fingerprint density at radius 2 is 1.75 bits per heavy atom. The summed E-state index contributed by atoms with van der Waals surface area (Å²) in [5.41, 5.74) is 2.92. The molecule has 0 bridgehead atoms. The molecule has 6 heteroatoms. The van der Waals surface area contributed by atoms with Crippen molar-refractivity contribution in [3.63, 3.8) is 0 Å². The van der Waals surface area contributed by atoms with Gasteiger partial charge in [-0.25, -0.2) is 0 Å². The molecule has 0 spiro atoms. The van der Waals surface area contributed by atoms with Crippen molar-refractivity contribution in [1.29, 1.82) is 0 Å². The zero-order valence-corrected chi connectivity index (χ0v) is 19.2. The number of ketones is 1. The van der Waals surface area contributed by atoms with Crippen LogP contribution in [-0.2, 0) is 6.42 Å². The smallest absolute Gasteiger partial charge is 0.196 e. The number of nitrogens with zero attached hydrogens (tertiary/aromatic N) is 3. The fourth-order valence-electron chi connectivity index (χ4n) is 3.61. The third kappa shape index (κ3) is 4.38. The Labute approximate surface area is 194 Å². The van der Waals surface area contributed by atoms with Crippen LogP contribution >= 0.6 is 23.1 Å². The lowest BCUT2D eigenvalue weighted by atomic mass is 10.1. The summed E-state index contributed by atoms with van der Waals surface area (Å²) in [4.78, 5) is 14.2. The predicted molar refractivity (Wildman–Crippen MR) is 132 cm³/mol. The largest absolute Gasteiger partial charge is 0.293 e. The standard InChI is InChI=1S/C26H21N3OS2/c1-18-8-12-22(13-9-18)29-25(16-23-7-4-14-31-23)27-28-26(29)32-17-24(30)21-11-10-19-5-2-3-6-20(19)15-21/h2-15H,16-17H2,1H3. The molecule has 5 aromatic rings. The highest BCUT2D eigenvalue weighted by Crippen LogP contribution is 2.26. The highest BCUT2D eigenvalue weighted by molar-refractivity contribution is 7.99. The quantitative estimate of drug-likeness (QED) is 0.212. The van der Waals surface area contributed by atoms with E-state index in [4.69, 9.17) is 0 Å². The van der Waals surface area contributed by atoms with Crippen LogP contribution in [0.4, 0.5) is 0 Å². The Kier molecular flexibility index (Phi) is 5.88. The van der Waals surface area contributed by atoms with Crippen molar-refractivity contribution in [2.75, 3.05) is 5.75 Å². The second-order valence-electron chi connectivity index (χ2n) is 7.60. The maximum Gasteiger partial charge on any atom is 0.196 e. The number of hydrogen-bond donors (Lipinski definition) is 0. The summed E-state index contributed by atoms with van der Waals surface area (Å²) < 4.78 is 2.07. The number of fused-ring (bicyclic) bond motifs is 1. The van der Waals surface area contributed by atoms with E-state index >= 15 is 0 Å². The summed E-state index contributed by atoms with van der Waals surface area (Å²) in [5.74, 6) is 1.26. The normalized spacial score (nSPS) is 11.2. The summed E-state index contributed by atoms with van der Waals surface area (Å²) in [6.45, 7) is 2.07. The maximum atomic E-state index is 12.9. The maximum absolute atomic E-state index is 12.9. The van der Waals surface area contributed by atoms with E-state index in [-0.39, 0.29) is 5.78 Å². The first-order valence-corrected chi connectivity index (χ1v) is 12.2. The minimum Gasteiger partial charge on any atom is -0.293 e. The molecule has 2 aromatic heterocycles. The van der Waals surface area contributed by atoms with Crippen LogP contribution in [0.5, 0.6) is 0 Å². The molecule has 32 heavy (non-hydrogen) atoms. The van der Waals surface area contributed by atoms with Gasteiger partial charge in [-0.05, 0) is 47.3 Å². The van der Waals surface area contributed by atoms with Crippen LogP contribution in [0.2, 0.25) is 0 Å². The zero-order valence-electron chi connectivity index (χ0n) is 17.6. The molecule has 3 aromatic carbocycles. The van der Waals surface area contributed by atoms with Crippen LogP contribution in [0.15, 0.2) is 89.4 Å². The van der Waals surface area contributed by atoms with Crippen LogP contribution in [0, 0.1) is 6.92 Å². The zero-order chi connectivity index (χ0) is 21.9. The van der Waals surface area contributed by atoms with Crippen LogP contribution in [0.25, 0.3) is 16.5 Å². The minimum absolute atomic E-state index is 0.0824. The SMILES string of the molecule is Cc1ccc(-n2c(Cc3cccs3)nnc2SCC(=O)c2ccc3ccccc3c2)cc1. The van der Waals surface area contributed by atoms with Gasteiger partial charge in [0.2, 0.25) is 0 Å². The van der Waals surface area contributed by atoms with Crippen LogP contribution in [0.3, 0.4) is 0 Å². The number of aryl methyl sites for hydroxylation is 1. The molecule has 0 unspecified atom stereocenters. The molecule has 0 saturated heterocycles. The fourth-order valence-corrected chi connectivity index (χ4v) is 5.17. The molecule has 5 rings (SSSR count). The third-order valence-electron chi connectivity index (χ3n) is 5.31. The summed E-state index contributed by atoms with van der Waals surface area (Å²) in [6, 6.07) is 26.4. The molecule has 2 heterocycles. The molecule has 0 aliphatic heterocycles. The van der Waals surface area contributed by atoms with Crippen molar-refractivity contribution in [3.05, 3.63) is 106 Å². The van der Waals surface area contributed by atoms with Crippen LogP contribution < -0.4 is 0 Å². The van der Waals surface area contributed by atoms with Crippen molar-refractivity contribution in [2.45, 2.75) is 18.5 Å². The van der Waals surface area contributed by atoms with Crippen molar-refractivity contribution in [1.82, 2.24) is 14.8 Å². The fraction of sp³-hybridized carbons (Fsp3) is 0.115. The molecular weight excluding hydrogens is 434 g/mol. The van der Waals surface area contributed by atoms with Gasteiger partial charge in [0.25, 0.3) is 0 Å². The number of rotatable bonds is 7. The second kappa shape index (κ2) is 9.10. The number of Topliss-reactive ketones (excluding diaryl/α,β-unsaturated/α-hetero) is 1. The molecule has 0 N–H and O–H groups in total. The van der Waals surface area contributed by atoms with E-state index in [0.29, 0.717) is 12.2 Å². The van der Waals surface area contributed by atoms with Gasteiger partial charge in [-0.1, -0.05) is 71.9 Å². The van der Waals surface area contributed by atoms with Crippen LogP contribution in [0.1, 0.15) is 26.6 Å². The summed E-state index contributed by atoms with van der Waals surface area (Å²) in [6.07, 6.45) is 0.706. The van der Waals surface area contributed by atoms with Gasteiger partial charge >= 0.3 is 0 Å². The third-order valence-corrected chi connectivity index (χ3v) is 7.11. The van der Waals surface area contributed by atoms with Gasteiger partial charge in [0.15, 0.2) is 10.9 Å². The highest BCUT2D eigenvalue weighted by Gasteiger charge is 2.17. The lowest BCUT2D eigenvalue weighted by molar-refractivity contribution is 0.102. The highest BCUT2D eigenvalue weighted by atomic mass is 32.2. The van der Waals surface area contributed by atoms with Crippen LogP contribution in [-0.4, -0.2) is 26.3 Å². The number of thioether (sulfide) groups is 1. The van der Waals surface area contributed by atoms with Crippen molar-refractivity contribution in [2.24, 2.45) is 0 Å². The van der Waals surface area contributed by atoms with Gasteiger partial charge in [0.1, 0.15) is 5.82 Å². The first kappa shape index (κ1) is 20.7. The average molecular weight is 456 g/mol. The molecular formula is C26H21N3OS2. The Morgan fingerprint density at radius 1 is 0.938 bits per heavy atom. The van der Waals surface area contributed by atoms with E-state index in [1.165, 1.54) is 22.2 Å². The Balaban J connectivity index is 1.41. The van der Waals surface area contributed by atoms with Gasteiger partial charge in [-0.2, -0.15) is 0 Å². The molecule has 0 saturated carbocycles. The second-order valence-corrected chi connectivity index (χ2v) is 9.57. The Hall–Kier alpha value is -3.22. The molecule has 0 aliphatic rings. The monoisotopic (exact) mass is 455 g/mol.